The molecule has 1 heterocycles. The zero-order valence-electron chi connectivity index (χ0n) is 11.9. The molecule has 1 aliphatic heterocycles. The Balaban J connectivity index is 2.15. The molecule has 0 saturated carbocycles. The Kier molecular flexibility index (Phi) is 4.49. The molecule has 0 unspecified atom stereocenters. The number of carbonyl (C=O) groups is 2. The van der Waals surface area contributed by atoms with Crippen molar-refractivity contribution >= 4 is 29.3 Å². The van der Waals surface area contributed by atoms with E-state index in [4.69, 9.17) is 0 Å². The van der Waals surface area contributed by atoms with Crippen molar-refractivity contribution in [3.8, 4) is 0 Å². The van der Waals surface area contributed by atoms with Crippen LogP contribution in [0.4, 0.5) is 5.69 Å². The summed E-state index contributed by atoms with van der Waals surface area (Å²) in [7, 11) is 0. The van der Waals surface area contributed by atoms with Crippen molar-refractivity contribution in [1.29, 1.82) is 0 Å². The van der Waals surface area contributed by atoms with E-state index >= 15 is 0 Å². The molecule has 1 aromatic carbocycles. The maximum Gasteiger partial charge on any atom is 0.251 e. The number of rotatable bonds is 3. The summed E-state index contributed by atoms with van der Waals surface area (Å²) in [5.41, 5.74) is 2.89. The molecule has 0 aromatic heterocycles. The van der Waals surface area contributed by atoms with Crippen molar-refractivity contribution in [2.24, 2.45) is 0 Å². The molecule has 5 heteroatoms. The number of carbonyl (C=O) groups excluding carboxylic acids is 2. The SMILES string of the molecule is CCN1C(=O)CSC1=CC(=O)Nc1c(C)cccc1C. The van der Waals surface area contributed by atoms with Crippen LogP contribution < -0.4 is 5.32 Å². The van der Waals surface area contributed by atoms with Gasteiger partial charge in [-0.2, -0.15) is 0 Å². The summed E-state index contributed by atoms with van der Waals surface area (Å²) in [6.45, 7) is 6.42. The number of nitrogens with one attached hydrogen (secondary N) is 1. The van der Waals surface area contributed by atoms with Crippen molar-refractivity contribution in [3.05, 3.63) is 40.4 Å². The van der Waals surface area contributed by atoms with Crippen LogP contribution in [-0.2, 0) is 9.59 Å². The van der Waals surface area contributed by atoms with Crippen LogP contribution in [0.1, 0.15) is 18.1 Å². The number of benzene rings is 1. The largest absolute Gasteiger partial charge is 0.322 e. The van der Waals surface area contributed by atoms with E-state index in [1.807, 2.05) is 39.0 Å². The van der Waals surface area contributed by atoms with Crippen LogP contribution in [0.2, 0.25) is 0 Å². The third-order valence-corrected chi connectivity index (χ3v) is 4.24. The Morgan fingerprint density at radius 1 is 1.40 bits per heavy atom. The van der Waals surface area contributed by atoms with E-state index in [2.05, 4.69) is 5.32 Å². The highest BCUT2D eigenvalue weighted by Crippen LogP contribution is 2.28. The van der Waals surface area contributed by atoms with Gasteiger partial charge < -0.3 is 10.2 Å². The normalized spacial score (nSPS) is 16.9. The van der Waals surface area contributed by atoms with Gasteiger partial charge in [-0.25, -0.2) is 0 Å². The average Bonchev–Trinajstić information content (AvgIpc) is 2.74. The lowest BCUT2D eigenvalue weighted by Gasteiger charge is -2.14. The minimum absolute atomic E-state index is 0.0589. The van der Waals surface area contributed by atoms with Gasteiger partial charge in [0.15, 0.2) is 0 Å². The van der Waals surface area contributed by atoms with E-state index in [0.717, 1.165) is 21.8 Å². The summed E-state index contributed by atoms with van der Waals surface area (Å²) in [5.74, 6) is 0.276. The van der Waals surface area contributed by atoms with Gasteiger partial charge in [0.2, 0.25) is 5.91 Å². The van der Waals surface area contributed by atoms with E-state index < -0.39 is 0 Å². The summed E-state index contributed by atoms with van der Waals surface area (Å²) < 4.78 is 0. The molecule has 4 nitrogen and oxygen atoms in total. The van der Waals surface area contributed by atoms with Crippen LogP contribution >= 0.6 is 11.8 Å². The second kappa shape index (κ2) is 6.13. The van der Waals surface area contributed by atoms with E-state index in [-0.39, 0.29) is 11.8 Å². The topological polar surface area (TPSA) is 49.4 Å². The molecule has 1 aliphatic rings. The Labute approximate surface area is 123 Å². The average molecular weight is 290 g/mol. The van der Waals surface area contributed by atoms with Crippen LogP contribution in [0.5, 0.6) is 0 Å². The maximum atomic E-state index is 12.1. The summed E-state index contributed by atoms with van der Waals surface area (Å²) in [6, 6.07) is 5.88. The number of aryl methyl sites for hydroxylation is 2. The number of hydrogen-bond donors (Lipinski definition) is 1. The lowest BCUT2D eigenvalue weighted by molar-refractivity contribution is -0.125. The first-order valence-electron chi connectivity index (χ1n) is 6.55. The first-order valence-corrected chi connectivity index (χ1v) is 7.53. The summed E-state index contributed by atoms with van der Waals surface area (Å²) in [6.07, 6.45) is 1.50. The minimum Gasteiger partial charge on any atom is -0.322 e. The van der Waals surface area contributed by atoms with Gasteiger partial charge in [-0.05, 0) is 31.9 Å². The van der Waals surface area contributed by atoms with Gasteiger partial charge in [0.1, 0.15) is 0 Å². The second-order valence-electron chi connectivity index (χ2n) is 4.67. The van der Waals surface area contributed by atoms with E-state index in [0.29, 0.717) is 12.3 Å². The van der Waals surface area contributed by atoms with Gasteiger partial charge in [-0.15, -0.1) is 0 Å². The molecule has 0 radical (unpaired) electrons. The van der Waals surface area contributed by atoms with Gasteiger partial charge in [-0.3, -0.25) is 9.59 Å². The highest BCUT2D eigenvalue weighted by atomic mass is 32.2. The quantitative estimate of drug-likeness (QED) is 0.871. The molecular weight excluding hydrogens is 272 g/mol. The lowest BCUT2D eigenvalue weighted by atomic mass is 10.1. The van der Waals surface area contributed by atoms with Crippen molar-refractivity contribution in [1.82, 2.24) is 4.90 Å². The molecule has 1 N–H and O–H groups in total. The number of anilines is 1. The molecule has 2 rings (SSSR count). The van der Waals surface area contributed by atoms with Gasteiger partial charge in [0.05, 0.1) is 10.8 Å². The predicted molar refractivity (Wildman–Crippen MR) is 82.5 cm³/mol. The van der Waals surface area contributed by atoms with Gasteiger partial charge >= 0.3 is 0 Å². The highest BCUT2D eigenvalue weighted by molar-refractivity contribution is 8.04. The Morgan fingerprint density at radius 3 is 2.65 bits per heavy atom. The molecule has 106 valence electrons. The maximum absolute atomic E-state index is 12.1. The zero-order chi connectivity index (χ0) is 14.7. The van der Waals surface area contributed by atoms with Gasteiger partial charge in [0.25, 0.3) is 5.91 Å². The van der Waals surface area contributed by atoms with Gasteiger partial charge in [-0.1, -0.05) is 30.0 Å². The smallest absolute Gasteiger partial charge is 0.251 e. The molecule has 0 aliphatic carbocycles. The molecule has 1 aromatic rings. The minimum atomic E-state index is -0.196. The van der Waals surface area contributed by atoms with E-state index in [9.17, 15) is 9.59 Å². The lowest BCUT2D eigenvalue weighted by Crippen LogP contribution is -2.24. The van der Waals surface area contributed by atoms with Crippen LogP contribution in [0, 0.1) is 13.8 Å². The molecule has 1 saturated heterocycles. The fourth-order valence-electron chi connectivity index (χ4n) is 2.15. The number of nitrogens with zero attached hydrogens (tertiary/aromatic N) is 1. The fourth-order valence-corrected chi connectivity index (χ4v) is 3.15. The van der Waals surface area contributed by atoms with Crippen molar-refractivity contribution in [2.75, 3.05) is 17.6 Å². The van der Waals surface area contributed by atoms with Crippen LogP contribution in [0.15, 0.2) is 29.3 Å². The Hall–Kier alpha value is -1.75. The van der Waals surface area contributed by atoms with Crippen molar-refractivity contribution < 1.29 is 9.59 Å². The summed E-state index contributed by atoms with van der Waals surface area (Å²) in [5, 5.41) is 3.62. The number of para-hydroxylation sites is 1. The molecule has 1 fully saturated rings. The molecular formula is C15H18N2O2S. The first-order chi connectivity index (χ1) is 9.52. The molecule has 2 amide bonds. The van der Waals surface area contributed by atoms with E-state index in [1.165, 1.54) is 17.8 Å². The van der Waals surface area contributed by atoms with Crippen LogP contribution in [0.25, 0.3) is 0 Å². The molecule has 0 atom stereocenters. The predicted octanol–water partition coefficient (Wildman–Crippen LogP) is 2.68. The number of amides is 2. The summed E-state index contributed by atoms with van der Waals surface area (Å²) >= 11 is 1.41. The fraction of sp³-hybridized carbons (Fsp3) is 0.333. The number of hydrogen-bond acceptors (Lipinski definition) is 3. The standard InChI is InChI=1S/C15H18N2O2S/c1-4-17-13(19)9-20-14(17)8-12(18)16-15-10(2)6-5-7-11(15)3/h5-8H,4,9H2,1-3H3,(H,16,18). The molecule has 0 spiro atoms. The third kappa shape index (κ3) is 3.04. The van der Waals surface area contributed by atoms with Crippen LogP contribution in [0.3, 0.4) is 0 Å². The van der Waals surface area contributed by atoms with Crippen molar-refractivity contribution in [2.45, 2.75) is 20.8 Å². The second-order valence-corrected chi connectivity index (χ2v) is 5.66. The summed E-state index contributed by atoms with van der Waals surface area (Å²) in [4.78, 5) is 25.3. The van der Waals surface area contributed by atoms with Crippen LogP contribution in [-0.4, -0.2) is 29.0 Å². The van der Waals surface area contributed by atoms with Crippen molar-refractivity contribution in [3.63, 3.8) is 0 Å². The monoisotopic (exact) mass is 290 g/mol. The van der Waals surface area contributed by atoms with Gasteiger partial charge in [0, 0.05) is 18.3 Å². The third-order valence-electron chi connectivity index (χ3n) is 3.21. The van der Waals surface area contributed by atoms with E-state index in [1.54, 1.807) is 4.90 Å². The Morgan fingerprint density at radius 2 is 2.05 bits per heavy atom. The molecule has 20 heavy (non-hydrogen) atoms. The zero-order valence-corrected chi connectivity index (χ0v) is 12.7. The Bertz CT molecular complexity index is 561. The molecule has 0 bridgehead atoms. The highest BCUT2D eigenvalue weighted by Gasteiger charge is 2.25. The number of thioether (sulfide) groups is 1. The first kappa shape index (κ1) is 14.7.